The van der Waals surface area contributed by atoms with E-state index in [2.05, 4.69) is 10.2 Å². The van der Waals surface area contributed by atoms with Crippen molar-refractivity contribution >= 4 is 23.4 Å². The van der Waals surface area contributed by atoms with Gasteiger partial charge in [-0.1, -0.05) is 41.6 Å². The van der Waals surface area contributed by atoms with Crippen molar-refractivity contribution in [3.8, 4) is 11.4 Å². The number of aromatic nitrogens is 3. The number of nitrogens with zero attached hydrogens (tertiary/aromatic N) is 3. The molecule has 108 valence electrons. The largest absolute Gasteiger partial charge is 0.469 e. The Bertz CT molecular complexity index is 766. The topological polar surface area (TPSA) is 43.9 Å². The van der Waals surface area contributed by atoms with E-state index in [1.165, 1.54) is 0 Å². The molecule has 1 aromatic carbocycles. The maximum Gasteiger partial charge on any atom is 0.191 e. The Morgan fingerprint density at radius 2 is 2.05 bits per heavy atom. The summed E-state index contributed by atoms with van der Waals surface area (Å²) in [7, 11) is 1.96. The van der Waals surface area contributed by atoms with Crippen LogP contribution in [0.3, 0.4) is 0 Å². The van der Waals surface area contributed by atoms with Gasteiger partial charge in [0.1, 0.15) is 5.76 Å². The zero-order valence-corrected chi connectivity index (χ0v) is 13.3. The molecule has 2 heterocycles. The Balaban J connectivity index is 1.80. The number of hydrogen-bond donors (Lipinski definition) is 0. The molecule has 0 radical (unpaired) electrons. The summed E-state index contributed by atoms with van der Waals surface area (Å²) in [6.07, 6.45) is 1.66. The zero-order chi connectivity index (χ0) is 14.8. The van der Waals surface area contributed by atoms with Gasteiger partial charge in [-0.25, -0.2) is 0 Å². The lowest BCUT2D eigenvalue weighted by Crippen LogP contribution is -1.95. The van der Waals surface area contributed by atoms with E-state index in [-0.39, 0.29) is 0 Å². The second-order valence-electron chi connectivity index (χ2n) is 4.64. The third-order valence-corrected chi connectivity index (χ3v) is 4.69. The van der Waals surface area contributed by atoms with E-state index in [0.29, 0.717) is 0 Å². The molecular formula is C15H14ClN3OS. The van der Waals surface area contributed by atoms with Crippen molar-refractivity contribution in [3.05, 3.63) is 52.9 Å². The van der Waals surface area contributed by atoms with Gasteiger partial charge in [-0.15, -0.1) is 10.2 Å². The van der Waals surface area contributed by atoms with Crippen molar-refractivity contribution < 1.29 is 4.42 Å². The fraction of sp³-hybridized carbons (Fsp3) is 0.200. The highest BCUT2D eigenvalue weighted by Crippen LogP contribution is 2.29. The van der Waals surface area contributed by atoms with Crippen molar-refractivity contribution in [1.29, 1.82) is 0 Å². The van der Waals surface area contributed by atoms with E-state index < -0.39 is 0 Å². The highest BCUT2D eigenvalue weighted by atomic mass is 35.5. The van der Waals surface area contributed by atoms with Gasteiger partial charge < -0.3 is 8.98 Å². The maximum atomic E-state index is 6.17. The number of halogens is 1. The van der Waals surface area contributed by atoms with Crippen LogP contribution in [-0.4, -0.2) is 14.8 Å². The molecule has 4 nitrogen and oxygen atoms in total. The predicted octanol–water partition coefficient (Wildman–Crippen LogP) is 4.33. The summed E-state index contributed by atoms with van der Waals surface area (Å²) in [5.41, 5.74) is 2.06. The second-order valence-corrected chi connectivity index (χ2v) is 5.99. The number of aryl methyl sites for hydroxylation is 1. The number of hydrogen-bond acceptors (Lipinski definition) is 4. The summed E-state index contributed by atoms with van der Waals surface area (Å²) >= 11 is 7.78. The predicted molar refractivity (Wildman–Crippen MR) is 84.5 cm³/mol. The van der Waals surface area contributed by atoms with Crippen LogP contribution in [0.15, 0.2) is 46.2 Å². The molecule has 0 bridgehead atoms. The van der Waals surface area contributed by atoms with Crippen LogP contribution in [0.4, 0.5) is 0 Å². The van der Waals surface area contributed by atoms with E-state index in [9.17, 15) is 0 Å². The van der Waals surface area contributed by atoms with Crippen molar-refractivity contribution in [2.45, 2.75) is 17.8 Å². The molecule has 2 aromatic heterocycles. The minimum atomic E-state index is 0.760. The molecule has 3 aromatic rings. The lowest BCUT2D eigenvalue weighted by atomic mass is 10.2. The average molecular weight is 320 g/mol. The molecule has 0 amide bonds. The number of benzene rings is 1. The molecule has 3 rings (SSSR count). The third-order valence-electron chi connectivity index (χ3n) is 3.25. The summed E-state index contributed by atoms with van der Waals surface area (Å²) in [4.78, 5) is 0. The Morgan fingerprint density at radius 1 is 1.24 bits per heavy atom. The molecule has 0 aliphatic heterocycles. The van der Waals surface area contributed by atoms with Crippen molar-refractivity contribution in [2.24, 2.45) is 7.05 Å². The van der Waals surface area contributed by atoms with Gasteiger partial charge in [-0.05, 0) is 24.6 Å². The molecule has 0 aliphatic rings. The first-order chi connectivity index (χ1) is 10.2. The Labute approximate surface area is 132 Å². The van der Waals surface area contributed by atoms with Crippen LogP contribution in [0.1, 0.15) is 11.3 Å². The standard InChI is InChI=1S/C15H14ClN3OS/c1-10-12(7-8-20-10)14-17-18-15(19(14)2)21-9-11-5-3-4-6-13(11)16/h3-8H,9H2,1-2H3. The molecular weight excluding hydrogens is 306 g/mol. The molecule has 21 heavy (non-hydrogen) atoms. The average Bonchev–Trinajstić information content (AvgIpc) is 3.04. The summed E-state index contributed by atoms with van der Waals surface area (Å²) in [6.45, 7) is 1.92. The van der Waals surface area contributed by atoms with E-state index in [1.54, 1.807) is 18.0 Å². The highest BCUT2D eigenvalue weighted by molar-refractivity contribution is 7.98. The lowest BCUT2D eigenvalue weighted by molar-refractivity contribution is 0.534. The van der Waals surface area contributed by atoms with Gasteiger partial charge in [0.15, 0.2) is 11.0 Å². The first-order valence-electron chi connectivity index (χ1n) is 6.47. The van der Waals surface area contributed by atoms with Gasteiger partial charge >= 0.3 is 0 Å². The SMILES string of the molecule is Cc1occc1-c1nnc(SCc2ccccc2Cl)n1C. The van der Waals surface area contributed by atoms with Gasteiger partial charge in [0.2, 0.25) is 0 Å². The summed E-state index contributed by atoms with van der Waals surface area (Å²) in [5, 5.41) is 10.1. The molecule has 0 N–H and O–H groups in total. The fourth-order valence-electron chi connectivity index (χ4n) is 2.05. The second kappa shape index (κ2) is 5.95. The Kier molecular flexibility index (Phi) is 4.03. The summed E-state index contributed by atoms with van der Waals surface area (Å²) in [5.74, 6) is 2.41. The van der Waals surface area contributed by atoms with Gasteiger partial charge in [0.25, 0.3) is 0 Å². The van der Waals surface area contributed by atoms with Crippen LogP contribution in [-0.2, 0) is 12.8 Å². The summed E-state index contributed by atoms with van der Waals surface area (Å²) < 4.78 is 7.29. The van der Waals surface area contributed by atoms with E-state index in [1.807, 2.05) is 48.9 Å². The van der Waals surface area contributed by atoms with Crippen LogP contribution >= 0.6 is 23.4 Å². The van der Waals surface area contributed by atoms with E-state index >= 15 is 0 Å². The van der Waals surface area contributed by atoms with Crippen LogP contribution in [0, 0.1) is 6.92 Å². The quantitative estimate of drug-likeness (QED) is 0.671. The van der Waals surface area contributed by atoms with Crippen molar-refractivity contribution in [3.63, 3.8) is 0 Å². The van der Waals surface area contributed by atoms with Gasteiger partial charge in [0.05, 0.1) is 11.8 Å². The van der Waals surface area contributed by atoms with Crippen molar-refractivity contribution in [2.75, 3.05) is 0 Å². The van der Waals surface area contributed by atoms with Crippen LogP contribution < -0.4 is 0 Å². The lowest BCUT2D eigenvalue weighted by Gasteiger charge is -2.04. The first-order valence-corrected chi connectivity index (χ1v) is 7.83. The molecule has 0 atom stereocenters. The minimum absolute atomic E-state index is 0.760. The first kappa shape index (κ1) is 14.2. The molecule has 0 saturated carbocycles. The highest BCUT2D eigenvalue weighted by Gasteiger charge is 2.15. The molecule has 6 heteroatoms. The van der Waals surface area contributed by atoms with E-state index in [0.717, 1.165) is 38.6 Å². The summed E-state index contributed by atoms with van der Waals surface area (Å²) in [6, 6.07) is 9.74. The smallest absolute Gasteiger partial charge is 0.191 e. The zero-order valence-electron chi connectivity index (χ0n) is 11.7. The van der Waals surface area contributed by atoms with Gasteiger partial charge in [0, 0.05) is 17.8 Å². The Hall–Kier alpha value is -1.72. The van der Waals surface area contributed by atoms with Gasteiger partial charge in [-0.2, -0.15) is 0 Å². The molecule has 0 unspecified atom stereocenters. The minimum Gasteiger partial charge on any atom is -0.469 e. The molecule has 0 saturated heterocycles. The van der Waals surface area contributed by atoms with Crippen molar-refractivity contribution in [1.82, 2.24) is 14.8 Å². The molecule has 0 fully saturated rings. The fourth-order valence-corrected chi connectivity index (χ4v) is 3.25. The molecule has 0 aliphatic carbocycles. The monoisotopic (exact) mass is 319 g/mol. The number of thioether (sulfide) groups is 1. The maximum absolute atomic E-state index is 6.17. The van der Waals surface area contributed by atoms with Gasteiger partial charge in [-0.3, -0.25) is 0 Å². The normalized spacial score (nSPS) is 11.0. The van der Waals surface area contributed by atoms with Crippen LogP contribution in [0.25, 0.3) is 11.4 Å². The molecule has 0 spiro atoms. The third kappa shape index (κ3) is 2.84. The number of furan rings is 1. The van der Waals surface area contributed by atoms with E-state index in [4.69, 9.17) is 16.0 Å². The number of rotatable bonds is 4. The Morgan fingerprint density at radius 3 is 2.76 bits per heavy atom. The van der Waals surface area contributed by atoms with Crippen LogP contribution in [0.2, 0.25) is 5.02 Å². The van der Waals surface area contributed by atoms with Crippen LogP contribution in [0.5, 0.6) is 0 Å².